The van der Waals surface area contributed by atoms with Crippen LogP contribution in [0.15, 0.2) is 224 Å². The van der Waals surface area contributed by atoms with Gasteiger partial charge in [0, 0.05) is 180 Å². The minimum Gasteiger partial charge on any atom is -0.376 e. The normalized spacial score (nSPS) is 12.4. The average molecular weight is 2050 g/mol. The predicted octanol–water partition coefficient (Wildman–Crippen LogP) is 20.7. The van der Waals surface area contributed by atoms with E-state index in [9.17, 15) is 42.7 Å². The Bertz CT molecular complexity index is 6680. The SMILES string of the molecule is CN(C)C(=N)c1ccc(C(=O)Nc2ccc(Cl)cc2C(=O)Nc2ccc(Cl)cn2)c(F)c1.CN(C)c1cc(Cl)cc(C(=O)Nc2ccc(Cl)cn2)c1NC(=O)c1ccc(C(=N)N2CCCC2)cc1.CN(C)c1cc(Cl)cc(C(=O)Nc2ccc(Cl)cn2)c1NC(=O)c1ccc(C(=N)N2CCCCC2)cc1.CN1CCN=C1c1ccc(C(=O)Nc2c(C(=O)Nc3ccc(Cl)cn3)cc(Cl)cc2N(C)C)cc1. The summed E-state index contributed by atoms with van der Waals surface area (Å²) in [7, 11) is 16.1. The van der Waals surface area contributed by atoms with Crippen LogP contribution < -0.4 is 57.2 Å². The van der Waals surface area contributed by atoms with Gasteiger partial charge in [-0.05, 0) is 184 Å². The summed E-state index contributed by atoms with van der Waals surface area (Å²) in [6.07, 6.45) is 11.2. The molecule has 2 saturated heterocycles. The fourth-order valence-corrected chi connectivity index (χ4v) is 15.8. The van der Waals surface area contributed by atoms with Crippen LogP contribution >= 0.6 is 92.8 Å². The van der Waals surface area contributed by atoms with Gasteiger partial charge in [-0.25, -0.2) is 24.3 Å². The second kappa shape index (κ2) is 48.3. The highest BCUT2D eigenvalue weighted by atomic mass is 35.5. The highest BCUT2D eigenvalue weighted by Gasteiger charge is 2.29. The topological polar surface area (TPSA) is 391 Å². The highest BCUT2D eigenvalue weighted by molar-refractivity contribution is 6.35. The molecule has 0 saturated carbocycles. The Labute approximate surface area is 847 Å². The third kappa shape index (κ3) is 27.8. The number of nitrogens with one attached hydrogen (secondary N) is 11. The number of carbonyl (C=O) groups excluding carboxylic acids is 8. The van der Waals surface area contributed by atoms with Gasteiger partial charge < -0.3 is 76.8 Å². The zero-order chi connectivity index (χ0) is 101. The summed E-state index contributed by atoms with van der Waals surface area (Å²) >= 11 is 48.4. The Morgan fingerprint density at radius 2 is 0.636 bits per heavy atom. The van der Waals surface area contributed by atoms with E-state index in [0.29, 0.717) is 121 Å². The van der Waals surface area contributed by atoms with Crippen LogP contribution in [0.25, 0.3) is 0 Å². The summed E-state index contributed by atoms with van der Waals surface area (Å²) in [5.41, 5.74) is 7.24. The molecule has 15 rings (SSSR count). The lowest BCUT2D eigenvalue weighted by Gasteiger charge is -2.29. The summed E-state index contributed by atoms with van der Waals surface area (Å²) < 4.78 is 14.6. The van der Waals surface area contributed by atoms with E-state index < -0.39 is 41.3 Å². The molecule has 8 aromatic carbocycles. The lowest BCUT2D eigenvalue weighted by atomic mass is 10.1. The Kier molecular flexibility index (Phi) is 36.1. The number of amidine groups is 4. The number of likely N-dealkylation sites (N-methyl/N-ethyl adjacent to an activating group) is 1. The number of benzene rings is 8. The van der Waals surface area contributed by atoms with Crippen molar-refractivity contribution in [2.75, 3.05) is 160 Å². The number of piperidine rings is 1. The van der Waals surface area contributed by atoms with Crippen molar-refractivity contribution in [2.24, 2.45) is 4.99 Å². The summed E-state index contributed by atoms with van der Waals surface area (Å²) in [5.74, 6) is -1.59. The minimum atomic E-state index is -0.795. The van der Waals surface area contributed by atoms with E-state index >= 15 is 0 Å². The molecule has 4 aromatic heterocycles. The standard InChI is InChI=1S/C27H28Cl2N6O2.C26H26Cl2N6O2.C25H24Cl2N6O2.C22H18Cl2FN5O2/c1-34(2)22-15-20(29)14-21(27(37)32-23-11-10-19(28)16-31-23)24(22)33-26(36)18-8-6-17(7-9-18)25(30)35-12-4-3-5-13-35;1-33(2)21-14-19(28)13-20(26(36)31-22-10-9-18(27)15-30-22)23(21)32-25(35)17-7-5-16(6-8-17)24(29)34-11-3-4-12-34;1-32(2)20-13-18(27)12-19(25(35)30-21-9-8-17(26)14-29-21)22(20)31-24(34)16-6-4-15(5-7-16)23-28-10-11-33(23)3;1-30(2)20(26)12-3-6-15(17(25)9-12)21(31)28-18-7-4-13(23)10-16(18)22(32)29-19-8-5-14(24)11-27-19/h6-11,14-16,30H,3-5,12-13H2,1-2H3,(H,33,36)(H,31,32,37);5-10,13-15,29H,3-4,11-12H2,1-2H3,(H,32,35)(H,30,31,36);4-9,12-14H,10-11H2,1-3H3,(H,31,34)(H,29,30,35);3-11,26H,1-2H3,(H,28,31)(H,27,29,32). The van der Waals surface area contributed by atoms with Gasteiger partial charge in [0.25, 0.3) is 47.3 Å². The summed E-state index contributed by atoms with van der Waals surface area (Å²) in [6, 6.07) is 51.4. The van der Waals surface area contributed by atoms with Crippen LogP contribution in [0.5, 0.6) is 0 Å². The molecule has 722 valence electrons. The van der Waals surface area contributed by atoms with E-state index in [4.69, 9.17) is 109 Å². The number of hydrogen-bond donors (Lipinski definition) is 11. The molecule has 31 nitrogen and oxygen atoms in total. The molecule has 3 aliphatic heterocycles. The lowest BCUT2D eigenvalue weighted by Crippen LogP contribution is -2.35. The van der Waals surface area contributed by atoms with Gasteiger partial charge in [0.05, 0.1) is 94.3 Å². The monoisotopic (exact) mass is 2050 g/mol. The van der Waals surface area contributed by atoms with Crippen LogP contribution in [0.2, 0.25) is 40.2 Å². The van der Waals surface area contributed by atoms with Gasteiger partial charge >= 0.3 is 0 Å². The smallest absolute Gasteiger partial charge is 0.259 e. The fraction of sp³-hybridized carbons (Fsp3) is 0.200. The Hall–Kier alpha value is -14.4. The molecule has 3 aliphatic rings. The van der Waals surface area contributed by atoms with Crippen LogP contribution in [-0.4, -0.2) is 213 Å². The molecule has 2 fully saturated rings. The molecule has 8 amide bonds. The number of rotatable bonds is 23. The van der Waals surface area contributed by atoms with E-state index in [0.717, 1.165) is 93.5 Å². The second-order valence-corrected chi connectivity index (χ2v) is 36.2. The zero-order valence-corrected chi connectivity index (χ0v) is 83.1. The largest absolute Gasteiger partial charge is 0.376 e. The van der Waals surface area contributed by atoms with E-state index in [1.165, 1.54) is 90.7 Å². The van der Waals surface area contributed by atoms with Crippen molar-refractivity contribution in [1.82, 2.24) is 39.5 Å². The van der Waals surface area contributed by atoms with Crippen LogP contribution in [0, 0.1) is 22.0 Å². The van der Waals surface area contributed by atoms with Crippen molar-refractivity contribution < 1.29 is 42.7 Å². The number of carbonyl (C=O) groups is 8. The van der Waals surface area contributed by atoms with Crippen molar-refractivity contribution in [3.05, 3.63) is 332 Å². The second-order valence-electron chi connectivity index (χ2n) is 32.7. The van der Waals surface area contributed by atoms with Gasteiger partial charge in [-0.1, -0.05) is 135 Å². The van der Waals surface area contributed by atoms with Gasteiger partial charge in [-0.2, -0.15) is 0 Å². The van der Waals surface area contributed by atoms with E-state index in [1.54, 1.807) is 192 Å². The van der Waals surface area contributed by atoms with Crippen molar-refractivity contribution in [1.29, 1.82) is 16.2 Å². The number of hydrogen-bond acceptors (Lipinski definition) is 20. The van der Waals surface area contributed by atoms with Crippen molar-refractivity contribution in [2.45, 2.75) is 32.1 Å². The first-order valence-electron chi connectivity index (χ1n) is 43.4. The molecule has 12 aromatic rings. The van der Waals surface area contributed by atoms with Gasteiger partial charge in [0.2, 0.25) is 0 Å². The Morgan fingerprint density at radius 3 is 0.957 bits per heavy atom. The maximum Gasteiger partial charge on any atom is 0.259 e. The third-order valence-corrected chi connectivity index (χ3v) is 23.6. The first kappa shape index (κ1) is 105. The van der Waals surface area contributed by atoms with Crippen molar-refractivity contribution >= 4 is 226 Å². The number of anilines is 11. The van der Waals surface area contributed by atoms with Crippen LogP contribution in [0.3, 0.4) is 0 Å². The maximum atomic E-state index is 14.6. The lowest BCUT2D eigenvalue weighted by molar-refractivity contribution is 0.100. The van der Waals surface area contributed by atoms with E-state index in [-0.39, 0.29) is 62.0 Å². The van der Waals surface area contributed by atoms with Gasteiger partial charge in [-0.3, -0.25) is 59.6 Å². The van der Waals surface area contributed by atoms with Crippen molar-refractivity contribution in [3.63, 3.8) is 0 Å². The van der Waals surface area contributed by atoms with Gasteiger partial charge in [0.1, 0.15) is 52.4 Å². The predicted molar refractivity (Wildman–Crippen MR) is 560 cm³/mol. The summed E-state index contributed by atoms with van der Waals surface area (Å²) in [5, 5.41) is 49.8. The third-order valence-electron chi connectivity index (χ3n) is 21.8. The van der Waals surface area contributed by atoms with Gasteiger partial charge in [-0.15, -0.1) is 0 Å². The Balaban J connectivity index is 0.000000167. The zero-order valence-electron chi connectivity index (χ0n) is 77.1. The highest BCUT2D eigenvalue weighted by Crippen LogP contribution is 2.38. The maximum absolute atomic E-state index is 14.6. The number of pyridine rings is 4. The Morgan fingerprint density at radius 1 is 0.321 bits per heavy atom. The molecule has 0 unspecified atom stereocenters. The first-order valence-corrected chi connectivity index (χ1v) is 46.4. The molecular weight excluding hydrogens is 1950 g/mol. The summed E-state index contributed by atoms with van der Waals surface area (Å²) in [4.78, 5) is 138. The van der Waals surface area contributed by atoms with E-state index in [2.05, 4.69) is 77.3 Å². The number of nitrogens with zero attached hydrogens (tertiary/aromatic N) is 12. The average Bonchev–Trinajstić information content (AvgIpc) is 0.875. The molecule has 0 bridgehead atoms. The quantitative estimate of drug-likeness (QED) is 0.0209. The molecule has 0 aliphatic carbocycles. The number of aromatic nitrogens is 4. The number of amides is 8. The van der Waals surface area contributed by atoms with Crippen LogP contribution in [0.4, 0.5) is 67.5 Å². The number of aliphatic imine (C=N–C) groups is 1. The molecule has 40 heteroatoms. The minimum absolute atomic E-state index is 0.0639. The molecule has 7 heterocycles. The molecular formula is C100H96Cl8FN23O8. The molecule has 11 N–H and O–H groups in total. The van der Waals surface area contributed by atoms with Crippen molar-refractivity contribution in [3.8, 4) is 0 Å². The molecule has 140 heavy (non-hydrogen) atoms. The number of halogens is 9. The molecule has 0 radical (unpaired) electrons. The van der Waals surface area contributed by atoms with Crippen LogP contribution in [-0.2, 0) is 0 Å². The molecule has 0 spiro atoms. The van der Waals surface area contributed by atoms with E-state index in [1.807, 2.05) is 24.1 Å². The first-order chi connectivity index (χ1) is 66.8. The fourth-order valence-electron chi connectivity index (χ4n) is 14.6. The van der Waals surface area contributed by atoms with Crippen LogP contribution in [0.1, 0.15) is 137 Å². The summed E-state index contributed by atoms with van der Waals surface area (Å²) in [6.45, 7) is 5.14. The molecule has 0 atom stereocenters. The number of likely N-dealkylation sites (tertiary alicyclic amines) is 2. The van der Waals surface area contributed by atoms with Gasteiger partial charge in [0.15, 0.2) is 0 Å².